The third-order valence-corrected chi connectivity index (χ3v) is 14.4. The zero-order chi connectivity index (χ0) is 43.8. The van der Waals surface area contributed by atoms with Gasteiger partial charge in [-0.1, -0.05) is 20.8 Å². The van der Waals surface area contributed by atoms with E-state index in [1.165, 1.54) is 4.90 Å². The minimum atomic E-state index is -1.26. The summed E-state index contributed by atoms with van der Waals surface area (Å²) in [6.07, 6.45) is 4.52. The highest BCUT2D eigenvalue weighted by Crippen LogP contribution is 2.68. The van der Waals surface area contributed by atoms with Gasteiger partial charge < -0.3 is 46.4 Å². The number of hydrogen-bond acceptors (Lipinski definition) is 12. The number of carbonyl (C=O) groups excluding carboxylic acids is 2. The number of aliphatic carboxylic acids is 5. The molecule has 0 spiro atoms. The summed E-state index contributed by atoms with van der Waals surface area (Å²) in [5, 5.41) is 75.4. The fourth-order valence-corrected chi connectivity index (χ4v) is 11.6. The first kappa shape index (κ1) is 47.8. The largest absolute Gasteiger partial charge is 0.481 e. The van der Waals surface area contributed by atoms with Crippen molar-refractivity contribution in [3.8, 4) is 0 Å². The number of nitrogens with one attached hydrogen (secondary N) is 2. The van der Waals surface area contributed by atoms with Gasteiger partial charge in [0.15, 0.2) is 0 Å². The number of nitrogens with zero attached hydrogens (tertiary/aromatic N) is 3. The van der Waals surface area contributed by atoms with Gasteiger partial charge >= 0.3 is 29.8 Å². The molecule has 4 saturated carbocycles. The average molecular weight is 840 g/mol. The van der Waals surface area contributed by atoms with Crippen LogP contribution in [0.4, 0.5) is 0 Å². The Kier molecular flexibility index (Phi) is 16.7. The molecule has 334 valence electrons. The number of carboxylic acid groups (broad SMARTS) is 5. The average Bonchev–Trinajstić information content (AvgIpc) is 3.49. The highest BCUT2D eigenvalue weighted by Gasteiger charge is 2.65. The van der Waals surface area contributed by atoms with Crippen molar-refractivity contribution >= 4 is 41.7 Å². The molecule has 19 heteroatoms. The van der Waals surface area contributed by atoms with E-state index in [1.807, 2.05) is 0 Å². The first-order chi connectivity index (χ1) is 27.6. The zero-order valence-electron chi connectivity index (χ0n) is 34.5. The summed E-state index contributed by atoms with van der Waals surface area (Å²) >= 11 is 0. The number of carboxylic acids is 5. The predicted molar refractivity (Wildman–Crippen MR) is 209 cm³/mol. The van der Waals surface area contributed by atoms with Gasteiger partial charge in [0.05, 0.1) is 51.5 Å². The molecule has 6 unspecified atom stereocenters. The normalized spacial score (nSPS) is 31.8. The lowest BCUT2D eigenvalue weighted by Crippen LogP contribution is -2.63. The van der Waals surface area contributed by atoms with Crippen molar-refractivity contribution in [1.29, 1.82) is 0 Å². The number of aliphatic hydroxyl groups excluding tert-OH is 2. The van der Waals surface area contributed by atoms with Crippen LogP contribution in [0.1, 0.15) is 78.6 Å². The van der Waals surface area contributed by atoms with Gasteiger partial charge in [-0.2, -0.15) is 0 Å². The number of carbonyl (C=O) groups is 7. The maximum absolute atomic E-state index is 13.2. The van der Waals surface area contributed by atoms with E-state index in [1.54, 1.807) is 0 Å². The van der Waals surface area contributed by atoms with Crippen LogP contribution in [0.5, 0.6) is 0 Å². The van der Waals surface area contributed by atoms with E-state index < -0.39 is 85.5 Å². The van der Waals surface area contributed by atoms with Crippen LogP contribution in [0.3, 0.4) is 0 Å². The van der Waals surface area contributed by atoms with Gasteiger partial charge in [0, 0.05) is 38.6 Å². The minimum Gasteiger partial charge on any atom is -0.481 e. The van der Waals surface area contributed by atoms with Gasteiger partial charge in [-0.3, -0.25) is 48.3 Å². The Morgan fingerprint density at radius 3 is 1.73 bits per heavy atom. The van der Waals surface area contributed by atoms with Gasteiger partial charge in [-0.25, -0.2) is 0 Å². The summed E-state index contributed by atoms with van der Waals surface area (Å²) in [5.41, 5.74) is -0.564. The topological polar surface area (TPSA) is 295 Å². The van der Waals surface area contributed by atoms with Crippen LogP contribution in [-0.4, -0.2) is 176 Å². The van der Waals surface area contributed by atoms with Gasteiger partial charge in [-0.15, -0.1) is 0 Å². The van der Waals surface area contributed by atoms with Crippen LogP contribution in [0, 0.1) is 46.3 Å². The molecule has 2 amide bonds. The van der Waals surface area contributed by atoms with Crippen LogP contribution >= 0.6 is 0 Å². The van der Waals surface area contributed by atoms with Crippen LogP contribution < -0.4 is 10.6 Å². The Balaban J connectivity index is 1.33. The number of fused-ring (bicyclic) bond motifs is 5. The number of amides is 2. The lowest BCUT2D eigenvalue weighted by Gasteiger charge is -2.63. The maximum atomic E-state index is 13.2. The first-order valence-electron chi connectivity index (χ1n) is 20.8. The molecule has 4 fully saturated rings. The van der Waals surface area contributed by atoms with E-state index in [0.29, 0.717) is 32.1 Å². The number of rotatable bonds is 23. The highest BCUT2D eigenvalue weighted by atomic mass is 16.4. The smallest absolute Gasteiger partial charge is 0.317 e. The van der Waals surface area contributed by atoms with Crippen LogP contribution in [0.2, 0.25) is 0 Å². The lowest BCUT2D eigenvalue weighted by molar-refractivity contribution is -0.202. The molecule has 0 bridgehead atoms. The second kappa shape index (κ2) is 20.6. The molecule has 4 aliphatic rings. The van der Waals surface area contributed by atoms with E-state index in [0.717, 1.165) is 29.1 Å². The SMILES string of the molecule is CC(CCC(=O)O)[C@H]1CCC2C3C(O)CC4C[C@@H](NC(=O)CNC(=O)CN(CCN(CC(=O)O)CC(=O)O)CCN(CC(=O)O)CC(=O)O)CC[C@]4(C)C3C[C@H](O)[C@@]21C. The second-order valence-electron chi connectivity index (χ2n) is 18.1. The number of aliphatic hydroxyl groups is 2. The molecule has 4 aliphatic carbocycles. The molecule has 4 rings (SSSR count). The molecule has 9 N–H and O–H groups in total. The quantitative estimate of drug-likeness (QED) is 0.0651. The van der Waals surface area contributed by atoms with E-state index in [4.69, 9.17) is 0 Å². The van der Waals surface area contributed by atoms with Crippen molar-refractivity contribution < 1.29 is 69.3 Å². The third-order valence-electron chi connectivity index (χ3n) is 14.4. The Labute approximate surface area is 344 Å². The zero-order valence-corrected chi connectivity index (χ0v) is 34.5. The van der Waals surface area contributed by atoms with Crippen molar-refractivity contribution in [3.05, 3.63) is 0 Å². The molecule has 11 atom stereocenters. The van der Waals surface area contributed by atoms with Crippen LogP contribution in [0.25, 0.3) is 0 Å². The second-order valence-corrected chi connectivity index (χ2v) is 18.1. The van der Waals surface area contributed by atoms with Crippen molar-refractivity contribution in [3.63, 3.8) is 0 Å². The summed E-state index contributed by atoms with van der Waals surface area (Å²) < 4.78 is 0. The highest BCUT2D eigenvalue weighted by molar-refractivity contribution is 5.85. The fourth-order valence-electron chi connectivity index (χ4n) is 11.6. The minimum absolute atomic E-state index is 0.0202. The third kappa shape index (κ3) is 12.3. The summed E-state index contributed by atoms with van der Waals surface area (Å²) in [6.45, 7) is 3.25. The molecule has 19 nitrogen and oxygen atoms in total. The van der Waals surface area contributed by atoms with Gasteiger partial charge in [0.25, 0.3) is 0 Å². The van der Waals surface area contributed by atoms with Gasteiger partial charge in [-0.05, 0) is 97.7 Å². The van der Waals surface area contributed by atoms with E-state index in [-0.39, 0.29) is 92.7 Å². The molecule has 0 heterocycles. The van der Waals surface area contributed by atoms with Crippen LogP contribution in [-0.2, 0) is 33.6 Å². The van der Waals surface area contributed by atoms with Crippen molar-refractivity contribution in [2.24, 2.45) is 46.3 Å². The van der Waals surface area contributed by atoms with E-state index in [2.05, 4.69) is 31.4 Å². The molecular weight excluding hydrogens is 774 g/mol. The van der Waals surface area contributed by atoms with Gasteiger partial charge in [0.2, 0.25) is 11.8 Å². The first-order valence-corrected chi connectivity index (χ1v) is 20.8. The monoisotopic (exact) mass is 839 g/mol. The Hall–Kier alpha value is -3.91. The van der Waals surface area contributed by atoms with Crippen LogP contribution in [0.15, 0.2) is 0 Å². The fraction of sp³-hybridized carbons (Fsp3) is 0.825. The predicted octanol–water partition coefficient (Wildman–Crippen LogP) is -0.0668. The summed E-state index contributed by atoms with van der Waals surface area (Å²) in [5.74, 6) is -6.24. The molecule has 0 aromatic carbocycles. The van der Waals surface area contributed by atoms with Crippen molar-refractivity contribution in [2.75, 3.05) is 65.4 Å². The summed E-state index contributed by atoms with van der Waals surface area (Å²) in [6, 6.07) is -0.202. The Morgan fingerprint density at radius 2 is 1.20 bits per heavy atom. The summed E-state index contributed by atoms with van der Waals surface area (Å²) in [7, 11) is 0. The van der Waals surface area contributed by atoms with E-state index in [9.17, 15) is 69.3 Å². The Bertz CT molecular complexity index is 1480. The maximum Gasteiger partial charge on any atom is 0.317 e. The molecule has 0 aromatic rings. The summed E-state index contributed by atoms with van der Waals surface area (Å²) in [4.78, 5) is 86.5. The molecular formula is C40H65N5O14. The molecule has 0 aromatic heterocycles. The number of hydrogen-bond donors (Lipinski definition) is 9. The molecule has 0 radical (unpaired) electrons. The van der Waals surface area contributed by atoms with Crippen molar-refractivity contribution in [1.82, 2.24) is 25.3 Å². The van der Waals surface area contributed by atoms with E-state index >= 15 is 0 Å². The molecule has 0 aliphatic heterocycles. The van der Waals surface area contributed by atoms with Gasteiger partial charge in [0.1, 0.15) is 0 Å². The standard InChI is InChI=1S/C40H65N5O14/c1-23(4-7-33(50)51)26-5-6-27-38-28(16-30(47)40(26,27)3)39(2)9-8-25(14-24(39)15-29(38)46)42-31(48)17-41-32(49)18-43(10-12-44(19-34(52)53)20-35(54)55)11-13-45(21-36(56)57)22-37(58)59/h23-30,38,46-47H,4-22H2,1-3H3,(H,41,49)(H,42,48)(H,50,51)(H,52,53)(H,54,55)(H,56,57)(H,58,59)/t23?,24?,25-,26+,27?,28?,29?,30-,38?,39-,40+/m0/s1. The van der Waals surface area contributed by atoms with Crippen molar-refractivity contribution in [2.45, 2.75) is 96.8 Å². The Morgan fingerprint density at radius 1 is 0.661 bits per heavy atom. The molecule has 59 heavy (non-hydrogen) atoms. The lowest BCUT2D eigenvalue weighted by atomic mass is 9.43. The molecule has 0 saturated heterocycles.